The highest BCUT2D eigenvalue weighted by Gasteiger charge is 2.04. The fourth-order valence-electron chi connectivity index (χ4n) is 2.35. The lowest BCUT2D eigenvalue weighted by Crippen LogP contribution is -2.24. The van der Waals surface area contributed by atoms with Crippen molar-refractivity contribution in [3.8, 4) is 5.75 Å². The van der Waals surface area contributed by atoms with E-state index in [2.05, 4.69) is 56.9 Å². The molecule has 0 atom stereocenters. The topological polar surface area (TPSA) is 12.5 Å². The summed E-state index contributed by atoms with van der Waals surface area (Å²) >= 11 is 0. The van der Waals surface area contributed by atoms with E-state index in [-0.39, 0.29) is 0 Å². The highest BCUT2D eigenvalue weighted by atomic mass is 16.5. The van der Waals surface area contributed by atoms with Crippen LogP contribution < -0.4 is 9.64 Å². The van der Waals surface area contributed by atoms with Crippen molar-refractivity contribution >= 4 is 5.69 Å². The second-order valence-corrected chi connectivity index (χ2v) is 6.01. The summed E-state index contributed by atoms with van der Waals surface area (Å²) in [6.07, 6.45) is 8.11. The highest BCUT2D eigenvalue weighted by Crippen LogP contribution is 2.20. The Balaban J connectivity index is 2.64. The molecule has 1 aromatic rings. The molecular formula is C20H31NO. The predicted octanol–water partition coefficient (Wildman–Crippen LogP) is 5.60. The molecule has 0 fully saturated rings. The minimum absolute atomic E-state index is 0.911. The second kappa shape index (κ2) is 10.1. The van der Waals surface area contributed by atoms with Crippen LogP contribution in [0.4, 0.5) is 5.69 Å². The Morgan fingerprint density at radius 2 is 1.77 bits per heavy atom. The number of nitrogens with zero attached hydrogens (tertiary/aromatic N) is 1. The van der Waals surface area contributed by atoms with E-state index in [1.807, 2.05) is 12.1 Å². The third kappa shape index (κ3) is 6.84. The highest BCUT2D eigenvalue weighted by molar-refractivity contribution is 5.49. The van der Waals surface area contributed by atoms with Gasteiger partial charge in [-0.3, -0.25) is 0 Å². The van der Waals surface area contributed by atoms with Gasteiger partial charge in [-0.05, 0) is 64.3 Å². The van der Waals surface area contributed by atoms with Crippen LogP contribution in [0.1, 0.15) is 47.0 Å². The van der Waals surface area contributed by atoms with Gasteiger partial charge in [0.1, 0.15) is 5.75 Å². The molecule has 0 aromatic heterocycles. The number of hydrogen-bond donors (Lipinski definition) is 0. The maximum absolute atomic E-state index is 5.23. The quantitative estimate of drug-likeness (QED) is 0.550. The van der Waals surface area contributed by atoms with Crippen LogP contribution in [0.2, 0.25) is 0 Å². The average molecular weight is 301 g/mol. The molecule has 0 spiro atoms. The van der Waals surface area contributed by atoms with Gasteiger partial charge < -0.3 is 9.64 Å². The molecule has 0 N–H and O–H groups in total. The summed E-state index contributed by atoms with van der Waals surface area (Å²) in [7, 11) is 1.71. The van der Waals surface area contributed by atoms with Crippen LogP contribution in [0.25, 0.3) is 0 Å². The number of hydrogen-bond acceptors (Lipinski definition) is 2. The molecule has 0 bridgehead atoms. The first-order valence-corrected chi connectivity index (χ1v) is 8.24. The first-order chi connectivity index (χ1) is 10.6. The maximum Gasteiger partial charge on any atom is 0.119 e. The first-order valence-electron chi connectivity index (χ1n) is 8.24. The van der Waals surface area contributed by atoms with E-state index in [0.29, 0.717) is 0 Å². The van der Waals surface area contributed by atoms with Gasteiger partial charge in [-0.2, -0.15) is 0 Å². The molecule has 1 rings (SSSR count). The SMILES string of the molecule is CCCN(C/C=C(\C)CCC=C(C)C)c1ccc(OC)cc1. The summed E-state index contributed by atoms with van der Waals surface area (Å²) < 4.78 is 5.23. The molecule has 0 aliphatic carbocycles. The normalized spacial score (nSPS) is 11.2. The molecule has 0 saturated heterocycles. The van der Waals surface area contributed by atoms with Gasteiger partial charge in [0.2, 0.25) is 0 Å². The Morgan fingerprint density at radius 3 is 2.32 bits per heavy atom. The van der Waals surface area contributed by atoms with Crippen molar-refractivity contribution in [1.29, 1.82) is 0 Å². The molecule has 2 heteroatoms. The van der Waals surface area contributed by atoms with Crippen LogP contribution >= 0.6 is 0 Å². The molecule has 0 unspecified atom stereocenters. The van der Waals surface area contributed by atoms with Gasteiger partial charge in [-0.15, -0.1) is 0 Å². The molecule has 0 heterocycles. The van der Waals surface area contributed by atoms with Gasteiger partial charge in [-0.25, -0.2) is 0 Å². The Kier molecular flexibility index (Phi) is 8.42. The third-order valence-corrected chi connectivity index (χ3v) is 3.68. The maximum atomic E-state index is 5.23. The van der Waals surface area contributed by atoms with E-state index >= 15 is 0 Å². The Morgan fingerprint density at radius 1 is 1.09 bits per heavy atom. The number of benzene rings is 1. The monoisotopic (exact) mass is 301 g/mol. The number of rotatable bonds is 9. The molecule has 1 aromatic carbocycles. The zero-order valence-electron chi connectivity index (χ0n) is 14.9. The summed E-state index contributed by atoms with van der Waals surface area (Å²) in [5.74, 6) is 0.911. The van der Waals surface area contributed by atoms with Gasteiger partial charge in [-0.1, -0.05) is 30.2 Å². The molecule has 0 saturated carbocycles. The number of methoxy groups -OCH3 is 1. The summed E-state index contributed by atoms with van der Waals surface area (Å²) in [6, 6.07) is 8.34. The van der Waals surface area contributed by atoms with Gasteiger partial charge in [0.25, 0.3) is 0 Å². The van der Waals surface area contributed by atoms with Crippen molar-refractivity contribution in [1.82, 2.24) is 0 Å². The van der Waals surface area contributed by atoms with E-state index < -0.39 is 0 Å². The van der Waals surface area contributed by atoms with E-state index in [1.165, 1.54) is 16.8 Å². The lowest BCUT2D eigenvalue weighted by atomic mass is 10.1. The minimum atomic E-state index is 0.911. The van der Waals surface area contributed by atoms with E-state index in [9.17, 15) is 0 Å². The van der Waals surface area contributed by atoms with E-state index in [4.69, 9.17) is 4.74 Å². The summed E-state index contributed by atoms with van der Waals surface area (Å²) in [5.41, 5.74) is 4.13. The van der Waals surface area contributed by atoms with Crippen molar-refractivity contribution in [2.24, 2.45) is 0 Å². The summed E-state index contributed by atoms with van der Waals surface area (Å²) in [6.45, 7) is 10.8. The summed E-state index contributed by atoms with van der Waals surface area (Å²) in [5, 5.41) is 0. The molecule has 122 valence electrons. The van der Waals surface area contributed by atoms with Crippen molar-refractivity contribution in [3.63, 3.8) is 0 Å². The molecule has 2 nitrogen and oxygen atoms in total. The number of allylic oxidation sites excluding steroid dienone is 3. The molecule has 0 aliphatic heterocycles. The van der Waals surface area contributed by atoms with Gasteiger partial charge in [0.15, 0.2) is 0 Å². The zero-order chi connectivity index (χ0) is 16.4. The van der Waals surface area contributed by atoms with E-state index in [0.717, 1.165) is 38.1 Å². The van der Waals surface area contributed by atoms with Crippen molar-refractivity contribution in [2.45, 2.75) is 47.0 Å². The van der Waals surface area contributed by atoms with Gasteiger partial charge in [0, 0.05) is 18.8 Å². The first kappa shape index (κ1) is 18.3. The Labute approximate surface area is 136 Å². The number of ether oxygens (including phenoxy) is 1. The van der Waals surface area contributed by atoms with Crippen LogP contribution in [0, 0.1) is 0 Å². The van der Waals surface area contributed by atoms with Crippen LogP contribution in [0.5, 0.6) is 5.75 Å². The van der Waals surface area contributed by atoms with Crippen molar-refractivity contribution in [3.05, 3.63) is 47.6 Å². The molecule has 22 heavy (non-hydrogen) atoms. The minimum Gasteiger partial charge on any atom is -0.497 e. The van der Waals surface area contributed by atoms with Crippen LogP contribution in [-0.2, 0) is 0 Å². The fourth-order valence-corrected chi connectivity index (χ4v) is 2.35. The van der Waals surface area contributed by atoms with Crippen LogP contribution in [-0.4, -0.2) is 20.2 Å². The molecular weight excluding hydrogens is 270 g/mol. The fraction of sp³-hybridized carbons (Fsp3) is 0.500. The standard InChI is InChI=1S/C20H31NO/c1-6-15-21(19-10-12-20(22-5)13-11-19)16-14-18(4)9-7-8-17(2)3/h8,10-14H,6-7,9,15-16H2,1-5H3/b18-14+. The van der Waals surface area contributed by atoms with Crippen molar-refractivity contribution in [2.75, 3.05) is 25.1 Å². The third-order valence-electron chi connectivity index (χ3n) is 3.68. The Bertz CT molecular complexity index is 481. The lowest BCUT2D eigenvalue weighted by Gasteiger charge is -2.23. The molecule has 0 aliphatic rings. The average Bonchev–Trinajstić information content (AvgIpc) is 2.51. The molecule has 0 radical (unpaired) electrons. The van der Waals surface area contributed by atoms with Crippen LogP contribution in [0.15, 0.2) is 47.6 Å². The van der Waals surface area contributed by atoms with Crippen molar-refractivity contribution < 1.29 is 4.74 Å². The lowest BCUT2D eigenvalue weighted by molar-refractivity contribution is 0.415. The van der Waals surface area contributed by atoms with Crippen LogP contribution in [0.3, 0.4) is 0 Å². The largest absolute Gasteiger partial charge is 0.497 e. The van der Waals surface area contributed by atoms with Gasteiger partial charge >= 0.3 is 0 Å². The molecule has 0 amide bonds. The second-order valence-electron chi connectivity index (χ2n) is 6.01. The smallest absolute Gasteiger partial charge is 0.119 e. The predicted molar refractivity (Wildman–Crippen MR) is 97.9 cm³/mol. The van der Waals surface area contributed by atoms with E-state index in [1.54, 1.807) is 7.11 Å². The summed E-state index contributed by atoms with van der Waals surface area (Å²) in [4.78, 5) is 2.42. The zero-order valence-corrected chi connectivity index (χ0v) is 14.9. The Hall–Kier alpha value is -1.70. The number of anilines is 1. The van der Waals surface area contributed by atoms with Gasteiger partial charge in [0.05, 0.1) is 7.11 Å².